The van der Waals surface area contributed by atoms with Crippen molar-refractivity contribution in [1.82, 2.24) is 21.3 Å². The van der Waals surface area contributed by atoms with E-state index in [4.69, 9.17) is 0 Å². The van der Waals surface area contributed by atoms with E-state index in [-0.39, 0.29) is 42.4 Å². The lowest BCUT2D eigenvalue weighted by Gasteiger charge is -2.48. The largest absolute Gasteiger partial charge is 0.374 e. The van der Waals surface area contributed by atoms with Crippen LogP contribution in [0.3, 0.4) is 0 Å². The number of allylic oxidation sites excluding steroid dienone is 4. The van der Waals surface area contributed by atoms with Crippen LogP contribution in [0.2, 0.25) is 0 Å². The maximum Gasteiger partial charge on any atom is 0.136 e. The zero-order valence-corrected chi connectivity index (χ0v) is 28.3. The molecule has 0 amide bonds. The Kier molecular flexibility index (Phi) is 5.82. The lowest BCUT2D eigenvalue weighted by Crippen LogP contribution is -2.64. The normalized spacial score (nSPS) is 31.3. The van der Waals surface area contributed by atoms with Crippen LogP contribution in [-0.4, -0.2) is 23.6 Å². The summed E-state index contributed by atoms with van der Waals surface area (Å²) in [6, 6.07) is 33.3. The molecule has 244 valence electrons. The highest BCUT2D eigenvalue weighted by molar-refractivity contribution is 8.00. The number of thioether (sulfide) groups is 1. The van der Waals surface area contributed by atoms with Crippen LogP contribution < -0.4 is 26.2 Å². The Morgan fingerprint density at radius 2 is 1.44 bits per heavy atom. The number of hydrogen-bond donors (Lipinski definition) is 4. The molecule has 4 N–H and O–H groups in total. The average Bonchev–Trinajstić information content (AvgIpc) is 3.82. The summed E-state index contributed by atoms with van der Waals surface area (Å²) in [5, 5.41) is 16.8. The predicted octanol–water partition coefficient (Wildman–Crippen LogP) is 7.86. The van der Waals surface area contributed by atoms with Gasteiger partial charge in [0.15, 0.2) is 0 Å². The maximum atomic E-state index is 4.30. The number of nitrogens with one attached hydrogen (secondary N) is 4. The Morgan fingerprint density at radius 3 is 2.34 bits per heavy atom. The summed E-state index contributed by atoms with van der Waals surface area (Å²) in [7, 11) is 0. The molecular weight excluding hydrogens is 631 g/mol. The Morgan fingerprint density at radius 1 is 0.700 bits per heavy atom. The summed E-state index contributed by atoms with van der Waals surface area (Å²) in [6.45, 7) is 0. The average molecular weight is 668 g/mol. The number of hydrogen-bond acceptors (Lipinski definition) is 6. The number of para-hydroxylation sites is 1. The highest BCUT2D eigenvalue weighted by Crippen LogP contribution is 2.60. The first-order chi connectivity index (χ1) is 24.8. The summed E-state index contributed by atoms with van der Waals surface area (Å²) in [5.74, 6) is 0.233. The molecule has 50 heavy (non-hydrogen) atoms. The molecule has 6 heteroatoms. The third-order valence-corrected chi connectivity index (χ3v) is 13.8. The van der Waals surface area contributed by atoms with E-state index in [0.29, 0.717) is 5.25 Å². The Bertz CT molecular complexity index is 2300. The van der Waals surface area contributed by atoms with Crippen LogP contribution in [0, 0.1) is 0 Å². The van der Waals surface area contributed by atoms with Crippen molar-refractivity contribution in [3.63, 3.8) is 0 Å². The Labute approximate surface area is 296 Å². The molecule has 0 bridgehead atoms. The van der Waals surface area contributed by atoms with Crippen molar-refractivity contribution in [3.8, 4) is 0 Å². The zero-order chi connectivity index (χ0) is 32.5. The molecule has 0 saturated carbocycles. The predicted molar refractivity (Wildman–Crippen MR) is 203 cm³/mol. The second-order valence-electron chi connectivity index (χ2n) is 14.8. The fourth-order valence-corrected chi connectivity index (χ4v) is 11.8. The molecule has 4 aliphatic heterocycles. The minimum Gasteiger partial charge on any atom is -0.374 e. The molecule has 8 aliphatic rings. The first-order valence-corrected chi connectivity index (χ1v) is 19.1. The molecular formula is C44H37N5S. The van der Waals surface area contributed by atoms with Crippen molar-refractivity contribution in [3.05, 3.63) is 172 Å². The third-order valence-electron chi connectivity index (χ3n) is 12.4. The number of benzene rings is 4. The van der Waals surface area contributed by atoms with Crippen LogP contribution in [0.15, 0.2) is 132 Å². The Balaban J connectivity index is 1.01. The van der Waals surface area contributed by atoms with Gasteiger partial charge in [-0.2, -0.15) is 0 Å². The maximum absolute atomic E-state index is 4.30. The van der Waals surface area contributed by atoms with Gasteiger partial charge in [-0.15, -0.1) is 11.8 Å². The van der Waals surface area contributed by atoms with Gasteiger partial charge in [0.05, 0.1) is 35.6 Å². The highest BCUT2D eigenvalue weighted by atomic mass is 32.2. The number of nitrogens with zero attached hydrogens (tertiary/aromatic N) is 1. The van der Waals surface area contributed by atoms with E-state index in [1.807, 2.05) is 11.8 Å². The van der Waals surface area contributed by atoms with E-state index >= 15 is 0 Å². The second-order valence-corrected chi connectivity index (χ2v) is 16.0. The number of anilines is 1. The van der Waals surface area contributed by atoms with Gasteiger partial charge in [0.1, 0.15) is 6.29 Å². The van der Waals surface area contributed by atoms with Crippen LogP contribution >= 0.6 is 11.8 Å². The number of rotatable bonds is 2. The van der Waals surface area contributed by atoms with Gasteiger partial charge in [0, 0.05) is 38.9 Å². The van der Waals surface area contributed by atoms with Crippen LogP contribution in [0.25, 0.3) is 17.3 Å². The molecule has 12 rings (SSSR count). The molecule has 4 aromatic carbocycles. The molecule has 4 aromatic rings. The van der Waals surface area contributed by atoms with Gasteiger partial charge in [-0.3, -0.25) is 10.6 Å². The fraction of sp³-hybridized carbons (Fsp3) is 0.227. The zero-order valence-electron chi connectivity index (χ0n) is 27.5. The summed E-state index contributed by atoms with van der Waals surface area (Å²) >= 11 is 2.05. The van der Waals surface area contributed by atoms with Gasteiger partial charge in [-0.05, 0) is 63.9 Å². The summed E-state index contributed by atoms with van der Waals surface area (Å²) in [5.41, 5.74) is 16.5. The van der Waals surface area contributed by atoms with Gasteiger partial charge in [-0.25, -0.2) is 0 Å². The molecule has 4 heterocycles. The van der Waals surface area contributed by atoms with Crippen molar-refractivity contribution in [2.24, 2.45) is 0 Å². The Hall–Kier alpha value is -4.75. The van der Waals surface area contributed by atoms with Crippen molar-refractivity contribution >= 4 is 34.8 Å². The van der Waals surface area contributed by atoms with Gasteiger partial charge < -0.3 is 15.5 Å². The van der Waals surface area contributed by atoms with Crippen LogP contribution in [0.1, 0.15) is 75.0 Å². The monoisotopic (exact) mass is 667 g/mol. The van der Waals surface area contributed by atoms with E-state index in [1.165, 1.54) is 72.1 Å². The van der Waals surface area contributed by atoms with Crippen LogP contribution in [-0.2, 0) is 6.42 Å². The van der Waals surface area contributed by atoms with Crippen molar-refractivity contribution < 1.29 is 0 Å². The summed E-state index contributed by atoms with van der Waals surface area (Å²) in [6.07, 6.45) is 18.3. The van der Waals surface area contributed by atoms with E-state index in [9.17, 15) is 0 Å². The quantitative estimate of drug-likeness (QED) is 0.175. The van der Waals surface area contributed by atoms with Gasteiger partial charge >= 0.3 is 0 Å². The lowest BCUT2D eigenvalue weighted by atomic mass is 9.79. The third kappa shape index (κ3) is 3.76. The first-order valence-electron chi connectivity index (χ1n) is 18.2. The molecule has 1 saturated heterocycles. The van der Waals surface area contributed by atoms with Crippen molar-refractivity contribution in [1.29, 1.82) is 0 Å². The SMILES string of the molecule is C1=CC2NC3=C(NC2C=C1)c1cccc2c1C3=CC1c3ccccc3N(C3NC4c5ccccc5SC4C(c4cccc5c4CCC=C5)N3)C21. The molecule has 0 aromatic heterocycles. The lowest BCUT2D eigenvalue weighted by molar-refractivity contribution is 0.238. The minimum atomic E-state index is -0.0664. The van der Waals surface area contributed by atoms with E-state index in [1.54, 1.807) is 0 Å². The first kappa shape index (κ1) is 28.0. The van der Waals surface area contributed by atoms with Gasteiger partial charge in [0.25, 0.3) is 0 Å². The summed E-state index contributed by atoms with van der Waals surface area (Å²) in [4.78, 5) is 4.11. The fourth-order valence-electron chi connectivity index (χ4n) is 10.3. The van der Waals surface area contributed by atoms with E-state index in [0.717, 1.165) is 12.8 Å². The van der Waals surface area contributed by atoms with Gasteiger partial charge in [0.2, 0.25) is 0 Å². The van der Waals surface area contributed by atoms with E-state index < -0.39 is 0 Å². The molecule has 0 spiro atoms. The summed E-state index contributed by atoms with van der Waals surface area (Å²) < 4.78 is 0. The molecule has 4 aliphatic carbocycles. The van der Waals surface area contributed by atoms with Gasteiger partial charge in [-0.1, -0.05) is 115 Å². The smallest absolute Gasteiger partial charge is 0.136 e. The topological polar surface area (TPSA) is 51.4 Å². The second kappa shape index (κ2) is 10.4. The molecule has 8 unspecified atom stereocenters. The van der Waals surface area contributed by atoms with Crippen molar-refractivity contribution in [2.75, 3.05) is 4.90 Å². The van der Waals surface area contributed by atoms with Crippen LogP contribution in [0.4, 0.5) is 5.69 Å². The minimum absolute atomic E-state index is 0.0664. The highest BCUT2D eigenvalue weighted by Gasteiger charge is 2.52. The molecule has 0 radical (unpaired) electrons. The van der Waals surface area contributed by atoms with Crippen LogP contribution in [0.5, 0.6) is 0 Å². The van der Waals surface area contributed by atoms with E-state index in [2.05, 4.69) is 154 Å². The molecule has 8 atom stereocenters. The standard InChI is InChI=1S/C44H37N5S/c1-2-13-25-24(11-1)12-9-16-27(25)40-43-41(28-15-4-8-22-36(28)50-43)48-44(47-40)49-35-21-7-3-14-26(35)31-23-32-37-29(17-10-18-30(37)42(31)49)38-39(32)46-34-20-6-5-19-33(34)45-38/h1,3-12,14-23,31,33-34,40-48H,2,13H2. The molecule has 1 fully saturated rings. The molecule has 5 nitrogen and oxygen atoms in total. The van der Waals surface area contributed by atoms with Crippen molar-refractivity contribution in [2.45, 2.75) is 65.4 Å². The number of fused-ring (bicyclic) bond motifs is 11.